The van der Waals surface area contributed by atoms with Crippen molar-refractivity contribution in [2.75, 3.05) is 0 Å². The second-order valence-corrected chi connectivity index (χ2v) is 5.95. The van der Waals surface area contributed by atoms with Crippen molar-refractivity contribution < 1.29 is 96.2 Å². The summed E-state index contributed by atoms with van der Waals surface area (Å²) in [6.45, 7) is 3.52. The standard InChI is InChI=1S/C16H11F2O4.C7H11O.3W/c1-2-15(19)22-14-4-3-9(7-13(14)16(20)21)10-5-11(17)8-12(18)6-10;1-2-3-4-5-6-7-8;;;/h2-8H,1H3,(H,20,21);3-4H,2,5-6H2,1H3;;;/q2*-1;;;+2/b;4-3-;;;. The molecule has 0 saturated carbocycles. The van der Waals surface area contributed by atoms with Crippen LogP contribution in [-0.2, 0) is 72.8 Å². The number of hydrogen-bond acceptors (Lipinski definition) is 4. The zero-order valence-corrected chi connectivity index (χ0v) is 26.7. The Labute approximate surface area is 235 Å². The Kier molecular flexibility index (Phi) is 21.9. The molecule has 2 rings (SSSR count). The number of carbonyl (C=O) groups excluding carboxylic acids is 2. The Morgan fingerprint density at radius 2 is 1.67 bits per heavy atom. The molecule has 0 fully saturated rings. The van der Waals surface area contributed by atoms with Crippen molar-refractivity contribution in [1.82, 2.24) is 0 Å². The SMILES string of the molecule is CC/C=C\CC[C-]=O.C[CH-]C(=O)Oc1ccc(-c2cc(F)cc(F)c2)cc1C(=O)O.[W+2].[W].[W]. The third-order valence-corrected chi connectivity index (χ3v) is 3.67. The van der Waals surface area contributed by atoms with Gasteiger partial charge < -0.3 is 14.6 Å². The maximum Gasteiger partial charge on any atom is 2.00 e. The average Bonchev–Trinajstić information content (AvgIpc) is 2.71. The molecule has 33 heavy (non-hydrogen) atoms. The van der Waals surface area contributed by atoms with Crippen molar-refractivity contribution in [3.63, 3.8) is 0 Å². The third kappa shape index (κ3) is 13.8. The van der Waals surface area contributed by atoms with E-state index < -0.39 is 23.6 Å². The summed E-state index contributed by atoms with van der Waals surface area (Å²) in [4.78, 5) is 32.1. The van der Waals surface area contributed by atoms with Gasteiger partial charge in [0.25, 0.3) is 0 Å². The molecule has 0 aliphatic carbocycles. The normalized spacial score (nSPS) is 9.21. The summed E-state index contributed by atoms with van der Waals surface area (Å²) >= 11 is 0. The van der Waals surface area contributed by atoms with E-state index in [9.17, 15) is 28.3 Å². The van der Waals surface area contributed by atoms with Crippen LogP contribution in [0.2, 0.25) is 0 Å². The molecule has 5 nitrogen and oxygen atoms in total. The van der Waals surface area contributed by atoms with E-state index in [1.54, 1.807) is 0 Å². The molecule has 0 aliphatic rings. The Morgan fingerprint density at radius 1 is 1.06 bits per heavy atom. The van der Waals surface area contributed by atoms with Crippen molar-refractivity contribution in [1.29, 1.82) is 0 Å². The summed E-state index contributed by atoms with van der Waals surface area (Å²) in [5.41, 5.74) is 0.188. The molecule has 0 saturated heterocycles. The Hall–Kier alpha value is -1.42. The maximum absolute atomic E-state index is 13.2. The van der Waals surface area contributed by atoms with E-state index in [-0.39, 0.29) is 85.6 Å². The fourth-order valence-electron chi connectivity index (χ4n) is 2.28. The minimum atomic E-state index is -1.32. The van der Waals surface area contributed by atoms with Crippen LogP contribution in [0.5, 0.6) is 5.75 Å². The van der Waals surface area contributed by atoms with Gasteiger partial charge in [-0.05, 0) is 41.8 Å². The number of ether oxygens (including phenoxy) is 1. The smallest absolute Gasteiger partial charge is 0.542 e. The van der Waals surface area contributed by atoms with E-state index in [4.69, 9.17) is 4.74 Å². The minimum Gasteiger partial charge on any atom is -0.542 e. The van der Waals surface area contributed by atoms with Gasteiger partial charge in [-0.25, -0.2) is 13.6 Å². The molecule has 0 unspecified atom stereocenters. The number of rotatable bonds is 8. The molecule has 0 amide bonds. The first-order valence-corrected chi connectivity index (χ1v) is 9.17. The van der Waals surface area contributed by atoms with Gasteiger partial charge in [-0.15, -0.1) is 6.42 Å². The third-order valence-electron chi connectivity index (χ3n) is 3.67. The van der Waals surface area contributed by atoms with Crippen LogP contribution in [0.15, 0.2) is 48.6 Å². The minimum absolute atomic E-state index is 0. The number of benzene rings is 2. The summed E-state index contributed by atoms with van der Waals surface area (Å²) in [5, 5.41) is 9.18. The van der Waals surface area contributed by atoms with Crippen LogP contribution in [-0.4, -0.2) is 23.3 Å². The van der Waals surface area contributed by atoms with Crippen molar-refractivity contribution in [2.24, 2.45) is 0 Å². The van der Waals surface area contributed by atoms with Gasteiger partial charge in [0.15, 0.2) is 5.97 Å². The van der Waals surface area contributed by atoms with Gasteiger partial charge in [0.05, 0.1) is 0 Å². The number of halogens is 2. The van der Waals surface area contributed by atoms with Gasteiger partial charge in [0, 0.05) is 48.2 Å². The van der Waals surface area contributed by atoms with Gasteiger partial charge in [0.1, 0.15) is 22.9 Å². The maximum atomic E-state index is 13.2. The quantitative estimate of drug-likeness (QED) is 0.128. The van der Waals surface area contributed by atoms with E-state index >= 15 is 0 Å². The van der Waals surface area contributed by atoms with Gasteiger partial charge >= 0.3 is 27.0 Å². The summed E-state index contributed by atoms with van der Waals surface area (Å²) in [6.07, 6.45) is 9.46. The zero-order valence-electron chi connectivity index (χ0n) is 17.9. The monoisotopic (exact) mass is 968 g/mol. The van der Waals surface area contributed by atoms with E-state index in [1.165, 1.54) is 25.1 Å². The molecule has 2 aromatic carbocycles. The Bertz CT molecular complexity index is 901. The first kappa shape index (κ1) is 36.2. The molecule has 0 aromatic heterocycles. The predicted octanol–water partition coefficient (Wildman–Crippen LogP) is 5.29. The van der Waals surface area contributed by atoms with Crippen molar-refractivity contribution in [3.8, 4) is 16.9 Å². The largest absolute Gasteiger partial charge is 2.00 e. The molecule has 10 heteroatoms. The topological polar surface area (TPSA) is 80.7 Å². The number of unbranched alkanes of at least 4 members (excludes halogenated alkanes) is 1. The Morgan fingerprint density at radius 3 is 2.15 bits per heavy atom. The van der Waals surface area contributed by atoms with E-state index in [0.29, 0.717) is 6.42 Å². The predicted molar refractivity (Wildman–Crippen MR) is 109 cm³/mol. The average molecular weight is 968 g/mol. The van der Waals surface area contributed by atoms with Crippen molar-refractivity contribution >= 4 is 18.2 Å². The number of aromatic carboxylic acids is 1. The van der Waals surface area contributed by atoms with E-state index in [1.807, 2.05) is 12.4 Å². The van der Waals surface area contributed by atoms with Gasteiger partial charge in [-0.2, -0.15) is 6.92 Å². The summed E-state index contributed by atoms with van der Waals surface area (Å²) < 4.78 is 31.4. The zero-order chi connectivity index (χ0) is 22.5. The van der Waals surface area contributed by atoms with Crippen LogP contribution >= 0.6 is 0 Å². The molecule has 176 valence electrons. The number of carbonyl (C=O) groups is 2. The molecule has 1 N–H and O–H groups in total. The van der Waals surface area contributed by atoms with Crippen molar-refractivity contribution in [3.05, 3.63) is 72.2 Å². The van der Waals surface area contributed by atoms with Crippen LogP contribution in [0.1, 0.15) is 43.5 Å². The molecule has 0 heterocycles. The molecule has 0 atom stereocenters. The second-order valence-electron chi connectivity index (χ2n) is 5.95. The first-order chi connectivity index (χ1) is 14.3. The van der Waals surface area contributed by atoms with Crippen LogP contribution in [0, 0.1) is 18.1 Å². The molecule has 0 aliphatic heterocycles. The fourth-order valence-corrected chi connectivity index (χ4v) is 2.28. The fraction of sp³-hybridized carbons (Fsp3) is 0.217. The van der Waals surface area contributed by atoms with Crippen molar-refractivity contribution in [2.45, 2.75) is 33.1 Å². The first-order valence-electron chi connectivity index (χ1n) is 9.17. The molecule has 0 bridgehead atoms. The van der Waals surface area contributed by atoms with Gasteiger partial charge in [-0.3, -0.25) is 17.5 Å². The summed E-state index contributed by atoms with van der Waals surface area (Å²) in [7, 11) is 0. The number of carboxylic acid groups (broad SMARTS) is 1. The second kappa shape index (κ2) is 20.0. The summed E-state index contributed by atoms with van der Waals surface area (Å²) in [6, 6.07) is 6.75. The van der Waals surface area contributed by atoms with E-state index in [0.717, 1.165) is 37.5 Å². The number of allylic oxidation sites excluding steroid dienone is 2. The molecule has 2 aromatic rings. The van der Waals surface area contributed by atoms with Gasteiger partial charge in [0.2, 0.25) is 0 Å². The molecular formula is C23H22F2O5W3. The van der Waals surface area contributed by atoms with Crippen LogP contribution in [0.3, 0.4) is 0 Å². The molecule has 0 spiro atoms. The number of esters is 1. The van der Waals surface area contributed by atoms with Crippen LogP contribution in [0.4, 0.5) is 8.78 Å². The summed E-state index contributed by atoms with van der Waals surface area (Å²) in [5.74, 6) is -3.72. The van der Waals surface area contributed by atoms with E-state index in [2.05, 4.69) is 13.0 Å². The molecule has 0 radical (unpaired) electrons. The molecular weight excluding hydrogens is 946 g/mol. The van der Waals surface area contributed by atoms with Gasteiger partial charge in [-0.1, -0.05) is 31.6 Å². The van der Waals surface area contributed by atoms with Crippen LogP contribution < -0.4 is 4.74 Å². The Balaban J connectivity index is -0.000000711. The number of hydrogen-bond donors (Lipinski definition) is 1. The van der Waals surface area contributed by atoms with Crippen LogP contribution in [0.25, 0.3) is 11.1 Å². The number of carboxylic acids is 1.